The lowest BCUT2D eigenvalue weighted by molar-refractivity contribution is 0.144. The van der Waals surface area contributed by atoms with Gasteiger partial charge in [0.25, 0.3) is 0 Å². The van der Waals surface area contributed by atoms with Crippen LogP contribution < -0.4 is 4.90 Å². The minimum Gasteiger partial charge on any atom is -0.383 e. The number of halogens is 1. The van der Waals surface area contributed by atoms with E-state index in [1.807, 2.05) is 12.1 Å². The summed E-state index contributed by atoms with van der Waals surface area (Å²) in [5.74, 6) is 0.896. The number of pyridine rings is 1. The van der Waals surface area contributed by atoms with Crippen molar-refractivity contribution in [2.45, 2.75) is 38.5 Å². The van der Waals surface area contributed by atoms with Gasteiger partial charge in [0, 0.05) is 45.5 Å². The molecule has 2 heterocycles. The monoisotopic (exact) mass is 397 g/mol. The molecule has 0 bridgehead atoms. The summed E-state index contributed by atoms with van der Waals surface area (Å²) in [5.41, 5.74) is 4.97. The van der Waals surface area contributed by atoms with Crippen LogP contribution in [-0.4, -0.2) is 56.3 Å². The number of nitrogens with zero attached hydrogens (tertiary/aromatic N) is 3. The van der Waals surface area contributed by atoms with Crippen LogP contribution in [0.4, 0.5) is 10.2 Å². The Morgan fingerprint density at radius 2 is 1.69 bits per heavy atom. The third-order valence-corrected chi connectivity index (χ3v) is 6.25. The highest BCUT2D eigenvalue weighted by atomic mass is 19.1. The highest BCUT2D eigenvalue weighted by Crippen LogP contribution is 2.33. The van der Waals surface area contributed by atoms with E-state index in [0.29, 0.717) is 0 Å². The number of benzene rings is 1. The van der Waals surface area contributed by atoms with E-state index in [9.17, 15) is 4.39 Å². The van der Waals surface area contributed by atoms with Crippen LogP contribution in [0.5, 0.6) is 0 Å². The molecule has 4 rings (SSSR count). The number of piperazine rings is 1. The minimum absolute atomic E-state index is 0.182. The molecule has 0 N–H and O–H groups in total. The van der Waals surface area contributed by atoms with Crippen molar-refractivity contribution >= 4 is 5.82 Å². The Balaban J connectivity index is 1.63. The molecule has 0 spiro atoms. The van der Waals surface area contributed by atoms with Crippen molar-refractivity contribution in [3.63, 3.8) is 0 Å². The number of hydrogen-bond donors (Lipinski definition) is 0. The van der Waals surface area contributed by atoms with Gasteiger partial charge in [-0.15, -0.1) is 0 Å². The molecule has 0 atom stereocenters. The fourth-order valence-electron chi connectivity index (χ4n) is 4.51. The first-order chi connectivity index (χ1) is 14.2. The van der Waals surface area contributed by atoms with Crippen molar-refractivity contribution in [1.29, 1.82) is 0 Å². The molecule has 0 saturated carbocycles. The molecule has 4 nitrogen and oxygen atoms in total. The fourth-order valence-corrected chi connectivity index (χ4v) is 4.51. The lowest BCUT2D eigenvalue weighted by atomic mass is 9.90. The standard InChI is InChI=1S/C24H32FN3O/c1-29-17-16-27-12-14-28(15-13-27)24-18-22(19-8-10-20(25)11-9-19)21-6-4-2-3-5-7-23(21)26-24/h8-11,18H,2-7,12-17H2,1H3. The Morgan fingerprint density at radius 1 is 0.966 bits per heavy atom. The summed E-state index contributed by atoms with van der Waals surface area (Å²) in [7, 11) is 1.76. The van der Waals surface area contributed by atoms with E-state index in [2.05, 4.69) is 15.9 Å². The van der Waals surface area contributed by atoms with Gasteiger partial charge in [-0.25, -0.2) is 9.37 Å². The molecule has 1 aliphatic heterocycles. The van der Waals surface area contributed by atoms with Crippen LogP contribution >= 0.6 is 0 Å². The highest BCUT2D eigenvalue weighted by Gasteiger charge is 2.22. The Kier molecular flexibility index (Phi) is 6.78. The summed E-state index contributed by atoms with van der Waals surface area (Å²) in [6.07, 6.45) is 7.10. The van der Waals surface area contributed by atoms with E-state index < -0.39 is 0 Å². The number of anilines is 1. The van der Waals surface area contributed by atoms with Crippen molar-refractivity contribution in [2.75, 3.05) is 51.3 Å². The molecule has 156 valence electrons. The van der Waals surface area contributed by atoms with Crippen molar-refractivity contribution in [3.05, 3.63) is 47.4 Å². The quantitative estimate of drug-likeness (QED) is 0.752. The zero-order valence-corrected chi connectivity index (χ0v) is 17.5. The molecule has 5 heteroatoms. The van der Waals surface area contributed by atoms with Crippen LogP contribution in [0, 0.1) is 5.82 Å². The van der Waals surface area contributed by atoms with Crippen LogP contribution in [0.1, 0.15) is 36.9 Å². The number of aromatic nitrogens is 1. The summed E-state index contributed by atoms with van der Waals surface area (Å²) in [5, 5.41) is 0. The molecule has 1 fully saturated rings. The maximum Gasteiger partial charge on any atom is 0.129 e. The molecule has 29 heavy (non-hydrogen) atoms. The van der Waals surface area contributed by atoms with Crippen LogP contribution in [0.25, 0.3) is 11.1 Å². The Labute approximate surface area is 173 Å². The fraction of sp³-hybridized carbons (Fsp3) is 0.542. The van der Waals surface area contributed by atoms with E-state index in [-0.39, 0.29) is 5.82 Å². The van der Waals surface area contributed by atoms with Crippen LogP contribution in [0.2, 0.25) is 0 Å². The molecule has 2 aromatic rings. The lowest BCUT2D eigenvalue weighted by Gasteiger charge is -2.36. The van der Waals surface area contributed by atoms with Gasteiger partial charge in [0.15, 0.2) is 0 Å². The molecule has 1 aromatic heterocycles. The summed E-state index contributed by atoms with van der Waals surface area (Å²) >= 11 is 0. The molecular formula is C24H32FN3O. The van der Waals surface area contributed by atoms with Crippen molar-refractivity contribution in [2.24, 2.45) is 0 Å². The Morgan fingerprint density at radius 3 is 2.41 bits per heavy atom. The van der Waals surface area contributed by atoms with Crippen molar-refractivity contribution < 1.29 is 9.13 Å². The van der Waals surface area contributed by atoms with Gasteiger partial charge in [-0.3, -0.25) is 4.90 Å². The molecule has 0 radical (unpaired) electrons. The average molecular weight is 398 g/mol. The zero-order chi connectivity index (χ0) is 20.1. The van der Waals surface area contributed by atoms with Crippen molar-refractivity contribution in [1.82, 2.24) is 9.88 Å². The van der Waals surface area contributed by atoms with E-state index in [0.717, 1.165) is 63.6 Å². The maximum absolute atomic E-state index is 13.5. The van der Waals surface area contributed by atoms with Gasteiger partial charge in [-0.1, -0.05) is 25.0 Å². The number of fused-ring (bicyclic) bond motifs is 1. The second kappa shape index (κ2) is 9.68. The van der Waals surface area contributed by atoms with Crippen LogP contribution in [0.15, 0.2) is 30.3 Å². The maximum atomic E-state index is 13.5. The molecule has 0 amide bonds. The summed E-state index contributed by atoms with van der Waals surface area (Å²) in [6, 6.07) is 9.21. The molecular weight excluding hydrogens is 365 g/mol. The predicted molar refractivity (Wildman–Crippen MR) is 116 cm³/mol. The number of rotatable bonds is 5. The van der Waals surface area contributed by atoms with Gasteiger partial charge in [0.2, 0.25) is 0 Å². The number of methoxy groups -OCH3 is 1. The topological polar surface area (TPSA) is 28.6 Å². The smallest absolute Gasteiger partial charge is 0.129 e. The van der Waals surface area contributed by atoms with E-state index in [1.165, 1.54) is 42.5 Å². The second-order valence-electron chi connectivity index (χ2n) is 8.20. The SMILES string of the molecule is COCCN1CCN(c2cc(-c3ccc(F)cc3)c3c(n2)CCCCCC3)CC1. The molecule has 1 saturated heterocycles. The van der Waals surface area contributed by atoms with Gasteiger partial charge in [-0.05, 0) is 60.6 Å². The van der Waals surface area contributed by atoms with Crippen LogP contribution in [0.3, 0.4) is 0 Å². The molecule has 2 aliphatic rings. The minimum atomic E-state index is -0.182. The Hall–Kier alpha value is -1.98. The van der Waals surface area contributed by atoms with Gasteiger partial charge >= 0.3 is 0 Å². The first-order valence-electron chi connectivity index (χ1n) is 11.0. The van der Waals surface area contributed by atoms with Crippen LogP contribution in [-0.2, 0) is 17.6 Å². The zero-order valence-electron chi connectivity index (χ0n) is 17.5. The normalized spacial score (nSPS) is 18.2. The van der Waals surface area contributed by atoms with Crippen molar-refractivity contribution in [3.8, 4) is 11.1 Å². The number of hydrogen-bond acceptors (Lipinski definition) is 4. The molecule has 0 unspecified atom stereocenters. The Bertz CT molecular complexity index is 801. The largest absolute Gasteiger partial charge is 0.383 e. The summed E-state index contributed by atoms with van der Waals surface area (Å²) < 4.78 is 18.7. The van der Waals surface area contributed by atoms with Gasteiger partial charge < -0.3 is 9.64 Å². The molecule has 1 aliphatic carbocycles. The van der Waals surface area contributed by atoms with Gasteiger partial charge in [-0.2, -0.15) is 0 Å². The molecule has 1 aromatic carbocycles. The van der Waals surface area contributed by atoms with Gasteiger partial charge in [0.05, 0.1) is 6.61 Å². The highest BCUT2D eigenvalue weighted by molar-refractivity contribution is 5.72. The van der Waals surface area contributed by atoms with E-state index in [1.54, 1.807) is 19.2 Å². The second-order valence-corrected chi connectivity index (χ2v) is 8.20. The predicted octanol–water partition coefficient (Wildman–Crippen LogP) is 4.32. The number of aryl methyl sites for hydroxylation is 1. The average Bonchev–Trinajstić information content (AvgIpc) is 2.73. The third-order valence-electron chi connectivity index (χ3n) is 6.25. The first-order valence-corrected chi connectivity index (χ1v) is 11.0. The summed E-state index contributed by atoms with van der Waals surface area (Å²) in [6.45, 7) is 5.81. The van der Waals surface area contributed by atoms with E-state index in [4.69, 9.17) is 9.72 Å². The third kappa shape index (κ3) is 4.96. The lowest BCUT2D eigenvalue weighted by Crippen LogP contribution is -2.47. The first kappa shape index (κ1) is 20.3. The van der Waals surface area contributed by atoms with Gasteiger partial charge in [0.1, 0.15) is 11.6 Å². The number of ether oxygens (including phenoxy) is 1. The summed E-state index contributed by atoms with van der Waals surface area (Å²) in [4.78, 5) is 10.0. The van der Waals surface area contributed by atoms with E-state index >= 15 is 0 Å².